The number of ether oxygens (including phenoxy) is 1. The standard InChI is InChI=1S/C17H30N2O/c1-12(2)11-13(3)19(5)17(14(4)18)15-7-9-16(20-6)10-8-15/h7-10,12-14,17H,11,18H2,1-6H3. The quantitative estimate of drug-likeness (QED) is 0.830. The topological polar surface area (TPSA) is 38.5 Å². The first-order valence-corrected chi connectivity index (χ1v) is 7.48. The summed E-state index contributed by atoms with van der Waals surface area (Å²) in [6.07, 6.45) is 1.18. The Morgan fingerprint density at radius 1 is 1.10 bits per heavy atom. The lowest BCUT2D eigenvalue weighted by Gasteiger charge is -2.36. The highest BCUT2D eigenvalue weighted by Gasteiger charge is 2.25. The molecule has 3 nitrogen and oxygen atoms in total. The van der Waals surface area contributed by atoms with Gasteiger partial charge in [-0.3, -0.25) is 4.90 Å². The molecule has 0 amide bonds. The second kappa shape index (κ2) is 7.65. The highest BCUT2D eigenvalue weighted by molar-refractivity contribution is 5.30. The van der Waals surface area contributed by atoms with Crippen molar-refractivity contribution in [2.45, 2.75) is 52.2 Å². The first-order valence-electron chi connectivity index (χ1n) is 7.48. The van der Waals surface area contributed by atoms with Crippen molar-refractivity contribution >= 4 is 0 Å². The Bertz CT molecular complexity index is 386. The summed E-state index contributed by atoms with van der Waals surface area (Å²) in [7, 11) is 3.86. The molecule has 0 heterocycles. The number of nitrogens with zero attached hydrogens (tertiary/aromatic N) is 1. The number of nitrogens with two attached hydrogens (primary N) is 1. The maximum absolute atomic E-state index is 6.24. The molecule has 3 heteroatoms. The van der Waals surface area contributed by atoms with Crippen molar-refractivity contribution in [2.24, 2.45) is 11.7 Å². The van der Waals surface area contributed by atoms with Gasteiger partial charge in [0.25, 0.3) is 0 Å². The Balaban J connectivity index is 2.92. The first kappa shape index (κ1) is 17.0. The largest absolute Gasteiger partial charge is 0.497 e. The van der Waals surface area contributed by atoms with Gasteiger partial charge in [0.2, 0.25) is 0 Å². The molecule has 0 spiro atoms. The summed E-state index contributed by atoms with van der Waals surface area (Å²) in [5, 5.41) is 0. The maximum Gasteiger partial charge on any atom is 0.118 e. The lowest BCUT2D eigenvalue weighted by molar-refractivity contribution is 0.148. The highest BCUT2D eigenvalue weighted by atomic mass is 16.5. The van der Waals surface area contributed by atoms with Crippen LogP contribution in [0.15, 0.2) is 24.3 Å². The van der Waals surface area contributed by atoms with Crippen molar-refractivity contribution < 1.29 is 4.74 Å². The Morgan fingerprint density at radius 3 is 2.05 bits per heavy atom. The summed E-state index contributed by atoms with van der Waals surface area (Å²) in [6.45, 7) is 8.88. The van der Waals surface area contributed by atoms with E-state index in [1.807, 2.05) is 12.1 Å². The molecule has 1 rings (SSSR count). The summed E-state index contributed by atoms with van der Waals surface area (Å²) < 4.78 is 5.23. The fraction of sp³-hybridized carbons (Fsp3) is 0.647. The summed E-state index contributed by atoms with van der Waals surface area (Å²) in [6, 6.07) is 9.07. The van der Waals surface area contributed by atoms with Crippen LogP contribution in [-0.4, -0.2) is 31.1 Å². The van der Waals surface area contributed by atoms with E-state index in [2.05, 4.69) is 51.8 Å². The van der Waals surface area contributed by atoms with Crippen molar-refractivity contribution in [3.63, 3.8) is 0 Å². The van der Waals surface area contributed by atoms with Crippen LogP contribution in [0, 0.1) is 5.92 Å². The van der Waals surface area contributed by atoms with Crippen LogP contribution in [0.4, 0.5) is 0 Å². The molecular weight excluding hydrogens is 248 g/mol. The van der Waals surface area contributed by atoms with E-state index in [0.717, 1.165) is 5.75 Å². The third-order valence-electron chi connectivity index (χ3n) is 3.90. The number of benzene rings is 1. The summed E-state index contributed by atoms with van der Waals surface area (Å²) in [5.41, 5.74) is 7.48. The van der Waals surface area contributed by atoms with Crippen LogP contribution < -0.4 is 10.5 Å². The molecule has 0 fully saturated rings. The monoisotopic (exact) mass is 278 g/mol. The molecule has 0 aliphatic heterocycles. The van der Waals surface area contributed by atoms with Gasteiger partial charge in [0.05, 0.1) is 7.11 Å². The maximum atomic E-state index is 6.24. The zero-order chi connectivity index (χ0) is 15.3. The Hall–Kier alpha value is -1.06. The van der Waals surface area contributed by atoms with Crippen LogP contribution in [0.1, 0.15) is 45.7 Å². The SMILES string of the molecule is COc1ccc(C(C(C)N)N(C)C(C)CC(C)C)cc1. The van der Waals surface area contributed by atoms with Gasteiger partial charge in [-0.1, -0.05) is 26.0 Å². The Labute approximate surface area is 124 Å². The molecule has 3 atom stereocenters. The van der Waals surface area contributed by atoms with Crippen LogP contribution >= 0.6 is 0 Å². The molecule has 0 radical (unpaired) electrons. The summed E-state index contributed by atoms with van der Waals surface area (Å²) >= 11 is 0. The zero-order valence-electron chi connectivity index (χ0n) is 13.8. The minimum absolute atomic E-state index is 0.0861. The van der Waals surface area contributed by atoms with Gasteiger partial charge < -0.3 is 10.5 Å². The average Bonchev–Trinajstić information content (AvgIpc) is 2.38. The van der Waals surface area contributed by atoms with Gasteiger partial charge >= 0.3 is 0 Å². The lowest BCUT2D eigenvalue weighted by Crippen LogP contribution is -2.42. The van der Waals surface area contributed by atoms with Crippen LogP contribution in [-0.2, 0) is 0 Å². The molecule has 1 aromatic carbocycles. The van der Waals surface area contributed by atoms with Gasteiger partial charge in [-0.2, -0.15) is 0 Å². The van der Waals surface area contributed by atoms with E-state index >= 15 is 0 Å². The first-order chi connectivity index (χ1) is 9.36. The Morgan fingerprint density at radius 2 is 1.65 bits per heavy atom. The smallest absolute Gasteiger partial charge is 0.118 e. The molecule has 20 heavy (non-hydrogen) atoms. The molecular formula is C17H30N2O. The predicted molar refractivity (Wildman–Crippen MR) is 86.1 cm³/mol. The van der Waals surface area contributed by atoms with Crippen LogP contribution in [0.3, 0.4) is 0 Å². The van der Waals surface area contributed by atoms with E-state index in [1.165, 1.54) is 12.0 Å². The number of methoxy groups -OCH3 is 1. The molecule has 1 aromatic rings. The molecule has 0 saturated carbocycles. The molecule has 114 valence electrons. The van der Waals surface area contributed by atoms with E-state index in [1.54, 1.807) is 7.11 Å². The average molecular weight is 278 g/mol. The number of rotatable bonds is 7. The molecule has 2 N–H and O–H groups in total. The molecule has 0 aromatic heterocycles. The second-order valence-electron chi connectivity index (χ2n) is 6.22. The van der Waals surface area contributed by atoms with E-state index < -0.39 is 0 Å². The van der Waals surface area contributed by atoms with Crippen molar-refractivity contribution in [1.29, 1.82) is 0 Å². The van der Waals surface area contributed by atoms with Crippen molar-refractivity contribution in [3.05, 3.63) is 29.8 Å². The van der Waals surface area contributed by atoms with Crippen LogP contribution in [0.2, 0.25) is 0 Å². The van der Waals surface area contributed by atoms with E-state index in [0.29, 0.717) is 12.0 Å². The van der Waals surface area contributed by atoms with E-state index in [4.69, 9.17) is 10.5 Å². The van der Waals surface area contributed by atoms with Gasteiger partial charge in [0.1, 0.15) is 5.75 Å². The molecule has 0 aliphatic rings. The normalized spacial score (nSPS) is 16.2. The third-order valence-corrected chi connectivity index (χ3v) is 3.90. The second-order valence-corrected chi connectivity index (χ2v) is 6.22. The number of likely N-dealkylation sites (N-methyl/N-ethyl adjacent to an activating group) is 1. The van der Waals surface area contributed by atoms with Crippen molar-refractivity contribution in [2.75, 3.05) is 14.2 Å². The van der Waals surface area contributed by atoms with Gasteiger partial charge in [-0.05, 0) is 50.9 Å². The van der Waals surface area contributed by atoms with Crippen LogP contribution in [0.25, 0.3) is 0 Å². The number of hydrogen-bond donors (Lipinski definition) is 1. The molecule has 3 unspecified atom stereocenters. The van der Waals surface area contributed by atoms with Gasteiger partial charge in [-0.15, -0.1) is 0 Å². The minimum Gasteiger partial charge on any atom is -0.497 e. The summed E-state index contributed by atoms with van der Waals surface area (Å²) in [4.78, 5) is 2.40. The van der Waals surface area contributed by atoms with E-state index in [-0.39, 0.29) is 12.1 Å². The van der Waals surface area contributed by atoms with Crippen molar-refractivity contribution in [1.82, 2.24) is 4.90 Å². The van der Waals surface area contributed by atoms with Gasteiger partial charge in [0.15, 0.2) is 0 Å². The van der Waals surface area contributed by atoms with Gasteiger partial charge in [-0.25, -0.2) is 0 Å². The van der Waals surface area contributed by atoms with Gasteiger partial charge in [0, 0.05) is 18.1 Å². The zero-order valence-corrected chi connectivity index (χ0v) is 13.8. The third kappa shape index (κ3) is 4.50. The fourth-order valence-electron chi connectivity index (χ4n) is 2.83. The van der Waals surface area contributed by atoms with Crippen molar-refractivity contribution in [3.8, 4) is 5.75 Å². The highest BCUT2D eigenvalue weighted by Crippen LogP contribution is 2.27. The predicted octanol–water partition coefficient (Wildman–Crippen LogP) is 3.45. The fourth-order valence-corrected chi connectivity index (χ4v) is 2.83. The number of hydrogen-bond acceptors (Lipinski definition) is 3. The summed E-state index contributed by atoms with van der Waals surface area (Å²) in [5.74, 6) is 1.58. The molecule has 0 saturated heterocycles. The van der Waals surface area contributed by atoms with Crippen LogP contribution in [0.5, 0.6) is 5.75 Å². The van der Waals surface area contributed by atoms with E-state index in [9.17, 15) is 0 Å². The minimum atomic E-state index is 0.0861. The molecule has 0 aliphatic carbocycles. The lowest BCUT2D eigenvalue weighted by atomic mass is 9.95. The molecule has 0 bridgehead atoms. The Kier molecular flexibility index (Phi) is 6.50.